The molecule has 39 heavy (non-hydrogen) atoms. The first kappa shape index (κ1) is 27.3. The molecule has 4 fully saturated rings. The Hall–Kier alpha value is -1.90. The highest BCUT2D eigenvalue weighted by atomic mass is 16.7. The number of piperidine rings is 2. The average molecular weight is 536 g/mol. The monoisotopic (exact) mass is 535 g/mol. The van der Waals surface area contributed by atoms with Crippen LogP contribution < -0.4 is 10.4 Å². The van der Waals surface area contributed by atoms with E-state index in [0.717, 1.165) is 29.6 Å². The molecule has 4 heterocycles. The lowest BCUT2D eigenvalue weighted by Crippen LogP contribution is -2.58. The van der Waals surface area contributed by atoms with Gasteiger partial charge in [0.05, 0.1) is 16.6 Å². The first-order valence-corrected chi connectivity index (χ1v) is 15.3. The fraction of sp³-hybridized carbons (Fsp3) is 0.742. The Labute approximate surface area is 234 Å². The number of carbonyl (C=O) groups excluding carboxylic acids is 2. The molecule has 0 radical (unpaired) electrons. The Bertz CT molecular complexity index is 1110. The third-order valence-corrected chi connectivity index (χ3v) is 10.7. The summed E-state index contributed by atoms with van der Waals surface area (Å²) in [6.07, 6.45) is 7.38. The predicted molar refractivity (Wildman–Crippen MR) is 154 cm³/mol. The van der Waals surface area contributed by atoms with Gasteiger partial charge in [0.2, 0.25) is 11.8 Å². The molecule has 1 aliphatic carbocycles. The highest BCUT2D eigenvalue weighted by molar-refractivity contribution is 6.62. The van der Waals surface area contributed by atoms with Crippen molar-refractivity contribution in [1.29, 1.82) is 0 Å². The summed E-state index contributed by atoms with van der Waals surface area (Å²) in [5.74, 6) is 0.403. The fourth-order valence-corrected chi connectivity index (χ4v) is 7.40. The van der Waals surface area contributed by atoms with Gasteiger partial charge in [-0.25, -0.2) is 0 Å². The van der Waals surface area contributed by atoms with Crippen LogP contribution in [0, 0.1) is 5.92 Å². The van der Waals surface area contributed by atoms with E-state index in [9.17, 15) is 9.59 Å². The van der Waals surface area contributed by atoms with Gasteiger partial charge >= 0.3 is 7.12 Å². The van der Waals surface area contributed by atoms with Crippen molar-refractivity contribution in [3.63, 3.8) is 0 Å². The Morgan fingerprint density at radius 3 is 2.13 bits per heavy atom. The molecule has 4 aliphatic heterocycles. The quantitative estimate of drug-likeness (QED) is 0.548. The number of fused-ring (bicyclic) bond motifs is 2. The molecule has 5 aliphatic rings. The van der Waals surface area contributed by atoms with Crippen LogP contribution >= 0.6 is 0 Å². The normalized spacial score (nSPS) is 29.7. The van der Waals surface area contributed by atoms with Crippen LogP contribution in [0.4, 0.5) is 5.69 Å². The van der Waals surface area contributed by atoms with Crippen molar-refractivity contribution >= 4 is 30.1 Å². The molecule has 1 spiro atoms. The maximum atomic E-state index is 14.5. The van der Waals surface area contributed by atoms with Gasteiger partial charge in [0.1, 0.15) is 0 Å². The number of anilines is 1. The average Bonchev–Trinajstić information content (AvgIpc) is 3.24. The van der Waals surface area contributed by atoms with E-state index in [-0.39, 0.29) is 23.8 Å². The molecule has 0 atom stereocenters. The zero-order valence-electron chi connectivity index (χ0n) is 24.8. The molecule has 8 heteroatoms. The number of nitrogens with zero attached hydrogens (tertiary/aromatic N) is 3. The second-order valence-electron chi connectivity index (χ2n) is 14.0. The molecule has 3 saturated heterocycles. The van der Waals surface area contributed by atoms with Gasteiger partial charge in [0, 0.05) is 36.8 Å². The molecule has 6 rings (SSSR count). The summed E-state index contributed by atoms with van der Waals surface area (Å²) in [4.78, 5) is 33.9. The summed E-state index contributed by atoms with van der Waals surface area (Å²) in [5.41, 5.74) is 1.76. The van der Waals surface area contributed by atoms with Crippen molar-refractivity contribution in [2.75, 3.05) is 31.1 Å². The van der Waals surface area contributed by atoms with Gasteiger partial charge in [-0.1, -0.05) is 32.4 Å². The SMILES string of the molecule is CC(C)C(=O)N1CCC2(CC1)C(=O)N(C1CC(N3CCCCC3)C1)c1cc(B3OC(C)(C)C(C)(C)O3)ccc12. The molecular weight excluding hydrogens is 489 g/mol. The third kappa shape index (κ3) is 4.36. The first-order chi connectivity index (χ1) is 18.4. The van der Waals surface area contributed by atoms with Crippen molar-refractivity contribution in [1.82, 2.24) is 9.80 Å². The van der Waals surface area contributed by atoms with Gasteiger partial charge in [-0.3, -0.25) is 9.59 Å². The van der Waals surface area contributed by atoms with Crippen LogP contribution in [0.3, 0.4) is 0 Å². The highest BCUT2D eigenvalue weighted by Gasteiger charge is 2.57. The van der Waals surface area contributed by atoms with E-state index >= 15 is 0 Å². The van der Waals surface area contributed by atoms with E-state index in [4.69, 9.17) is 9.31 Å². The van der Waals surface area contributed by atoms with Crippen LogP contribution in [0.2, 0.25) is 0 Å². The minimum Gasteiger partial charge on any atom is -0.399 e. The molecule has 1 aromatic rings. The van der Waals surface area contributed by atoms with Crippen molar-refractivity contribution in [3.05, 3.63) is 23.8 Å². The smallest absolute Gasteiger partial charge is 0.399 e. The molecule has 0 N–H and O–H groups in total. The number of likely N-dealkylation sites (tertiary alicyclic amines) is 2. The van der Waals surface area contributed by atoms with Gasteiger partial charge in [-0.15, -0.1) is 0 Å². The van der Waals surface area contributed by atoms with E-state index in [0.29, 0.717) is 32.0 Å². The molecule has 0 unspecified atom stereocenters. The van der Waals surface area contributed by atoms with Crippen LogP contribution in [0.25, 0.3) is 0 Å². The Morgan fingerprint density at radius 1 is 0.923 bits per heavy atom. The topological polar surface area (TPSA) is 62.3 Å². The number of carbonyl (C=O) groups is 2. The van der Waals surface area contributed by atoms with E-state index in [2.05, 4.69) is 55.7 Å². The lowest BCUT2D eigenvalue weighted by atomic mass is 9.71. The number of hydrogen-bond donors (Lipinski definition) is 0. The molecule has 7 nitrogen and oxygen atoms in total. The lowest BCUT2D eigenvalue weighted by molar-refractivity contribution is -0.138. The molecule has 212 valence electrons. The van der Waals surface area contributed by atoms with Crippen molar-refractivity contribution < 1.29 is 18.9 Å². The van der Waals surface area contributed by atoms with Crippen molar-refractivity contribution in [2.24, 2.45) is 5.92 Å². The summed E-state index contributed by atoms with van der Waals surface area (Å²) in [6, 6.07) is 7.24. The Kier molecular flexibility index (Phi) is 6.71. The molecule has 1 aromatic carbocycles. The predicted octanol–water partition coefficient (Wildman–Crippen LogP) is 3.87. The summed E-state index contributed by atoms with van der Waals surface area (Å²) in [7, 11) is -0.457. The number of hydrogen-bond acceptors (Lipinski definition) is 5. The molecule has 0 aromatic heterocycles. The highest BCUT2D eigenvalue weighted by Crippen LogP contribution is 2.51. The van der Waals surface area contributed by atoms with Crippen LogP contribution in [0.1, 0.15) is 92.1 Å². The minimum absolute atomic E-state index is 0.0220. The van der Waals surface area contributed by atoms with Crippen LogP contribution in [0.15, 0.2) is 18.2 Å². The molecule has 1 saturated carbocycles. The van der Waals surface area contributed by atoms with E-state index in [1.54, 1.807) is 0 Å². The number of rotatable bonds is 4. The first-order valence-electron chi connectivity index (χ1n) is 15.3. The Morgan fingerprint density at radius 2 is 1.54 bits per heavy atom. The van der Waals surface area contributed by atoms with Crippen molar-refractivity contribution in [3.8, 4) is 0 Å². The molecule has 0 bridgehead atoms. The third-order valence-electron chi connectivity index (χ3n) is 10.7. The van der Waals surface area contributed by atoms with Crippen LogP contribution in [-0.2, 0) is 24.3 Å². The standard InChI is InChI=1S/C31H46BN3O4/c1-21(2)27(36)34-16-12-31(13-17-34)25-11-10-22(32-38-29(3,4)30(5,6)39-32)18-26(25)35(28(31)37)24-19-23(20-24)33-14-8-7-9-15-33/h10-11,18,21,23-24H,7-9,12-17,19-20H2,1-6H3. The van der Waals surface area contributed by atoms with Gasteiger partial charge in [-0.2, -0.15) is 0 Å². The minimum atomic E-state index is -0.548. The Balaban J connectivity index is 1.30. The largest absolute Gasteiger partial charge is 0.494 e. The second-order valence-corrected chi connectivity index (χ2v) is 14.0. The summed E-state index contributed by atoms with van der Waals surface area (Å²) >= 11 is 0. The van der Waals surface area contributed by atoms with Gasteiger partial charge in [-0.05, 0) is 96.4 Å². The molecular formula is C31H46BN3O4. The summed E-state index contributed by atoms with van der Waals surface area (Å²) < 4.78 is 12.8. The van der Waals surface area contributed by atoms with Gasteiger partial charge < -0.3 is 24.0 Å². The van der Waals surface area contributed by atoms with Gasteiger partial charge in [0.25, 0.3) is 0 Å². The maximum Gasteiger partial charge on any atom is 0.494 e. The van der Waals surface area contributed by atoms with Gasteiger partial charge in [0.15, 0.2) is 0 Å². The number of amides is 2. The van der Waals surface area contributed by atoms with E-state index in [1.165, 1.54) is 32.4 Å². The zero-order valence-corrected chi connectivity index (χ0v) is 24.8. The zero-order chi connectivity index (χ0) is 27.7. The van der Waals surface area contributed by atoms with Crippen LogP contribution in [-0.4, -0.2) is 78.2 Å². The van der Waals surface area contributed by atoms with E-state index in [1.807, 2.05) is 18.7 Å². The van der Waals surface area contributed by atoms with Crippen molar-refractivity contribution in [2.45, 2.75) is 115 Å². The fourth-order valence-electron chi connectivity index (χ4n) is 7.40. The lowest BCUT2D eigenvalue weighted by Gasteiger charge is -2.48. The maximum absolute atomic E-state index is 14.5. The van der Waals surface area contributed by atoms with Crippen LogP contribution in [0.5, 0.6) is 0 Å². The molecule has 2 amide bonds. The summed E-state index contributed by atoms with van der Waals surface area (Å²) in [5, 5.41) is 0. The van der Waals surface area contributed by atoms with E-state index < -0.39 is 23.7 Å². The second kappa shape index (κ2) is 9.59. The summed E-state index contributed by atoms with van der Waals surface area (Å²) in [6.45, 7) is 15.9. The number of benzene rings is 1.